The van der Waals surface area contributed by atoms with Crippen LogP contribution in [0.4, 0.5) is 4.79 Å². The molecule has 0 aliphatic heterocycles. The van der Waals surface area contributed by atoms with Crippen molar-refractivity contribution in [3.05, 3.63) is 0 Å². The van der Waals surface area contributed by atoms with E-state index in [2.05, 4.69) is 5.32 Å². The van der Waals surface area contributed by atoms with Crippen LogP contribution in [0.25, 0.3) is 0 Å². The molecule has 1 aliphatic carbocycles. The summed E-state index contributed by atoms with van der Waals surface area (Å²) in [5, 5.41) is 19.9. The lowest BCUT2D eigenvalue weighted by molar-refractivity contribution is -0.140. The van der Waals surface area contributed by atoms with Crippen molar-refractivity contribution in [1.29, 1.82) is 0 Å². The molecule has 1 fully saturated rings. The fraction of sp³-hybridized carbons (Fsp3) is 0.750. The Morgan fingerprint density at radius 3 is 2.37 bits per heavy atom. The van der Waals surface area contributed by atoms with Crippen LogP contribution in [0.1, 0.15) is 39.0 Å². The predicted molar refractivity (Wildman–Crippen MR) is 66.8 cm³/mol. The lowest BCUT2D eigenvalue weighted by Crippen LogP contribution is -2.49. The summed E-state index contributed by atoms with van der Waals surface area (Å²) in [6.07, 6.45) is 2.30. The van der Waals surface area contributed by atoms with E-state index in [0.717, 1.165) is 19.3 Å². The number of nitrogens with one attached hydrogen (secondary N) is 1. The average Bonchev–Trinajstić information content (AvgIpc) is 3.14. The van der Waals surface area contributed by atoms with Crippen LogP contribution in [-0.4, -0.2) is 51.7 Å². The maximum absolute atomic E-state index is 12.0. The quantitative estimate of drug-likeness (QED) is 0.608. The Morgan fingerprint density at radius 1 is 1.32 bits per heavy atom. The van der Waals surface area contributed by atoms with Crippen LogP contribution in [0.5, 0.6) is 0 Å². The van der Waals surface area contributed by atoms with Crippen molar-refractivity contribution >= 4 is 18.0 Å². The molecule has 2 amide bonds. The van der Waals surface area contributed by atoms with E-state index in [0.29, 0.717) is 6.54 Å². The molecule has 0 spiro atoms. The van der Waals surface area contributed by atoms with Gasteiger partial charge in [-0.15, -0.1) is 0 Å². The van der Waals surface area contributed by atoms with Gasteiger partial charge in [-0.05, 0) is 25.7 Å². The highest BCUT2D eigenvalue weighted by Crippen LogP contribution is 2.27. The summed E-state index contributed by atoms with van der Waals surface area (Å²) in [7, 11) is 0. The first kappa shape index (κ1) is 15.3. The van der Waals surface area contributed by atoms with Gasteiger partial charge in [0, 0.05) is 19.0 Å². The van der Waals surface area contributed by atoms with Crippen molar-refractivity contribution in [2.75, 3.05) is 6.54 Å². The summed E-state index contributed by atoms with van der Waals surface area (Å²) in [6.45, 7) is 2.53. The third-order valence-corrected chi connectivity index (χ3v) is 2.96. The third kappa shape index (κ3) is 5.15. The molecule has 108 valence electrons. The molecular formula is C12H20N2O5. The SMILES string of the molecule is CCCN(C(=O)N[C@@H](CCC(=O)O)C(=O)O)C1CC1. The highest BCUT2D eigenvalue weighted by Gasteiger charge is 2.33. The Kier molecular flexibility index (Phi) is 5.59. The molecule has 7 nitrogen and oxygen atoms in total. The Labute approximate surface area is 111 Å². The predicted octanol–water partition coefficient (Wildman–Crippen LogP) is 0.888. The van der Waals surface area contributed by atoms with Crippen LogP contribution >= 0.6 is 0 Å². The zero-order valence-corrected chi connectivity index (χ0v) is 11.0. The lowest BCUT2D eigenvalue weighted by atomic mass is 10.1. The van der Waals surface area contributed by atoms with Gasteiger partial charge in [-0.1, -0.05) is 6.92 Å². The first-order valence-electron chi connectivity index (χ1n) is 6.47. The first-order valence-corrected chi connectivity index (χ1v) is 6.47. The van der Waals surface area contributed by atoms with Gasteiger partial charge in [0.1, 0.15) is 6.04 Å². The van der Waals surface area contributed by atoms with E-state index >= 15 is 0 Å². The average molecular weight is 272 g/mol. The summed E-state index contributed by atoms with van der Waals surface area (Å²) < 4.78 is 0. The Morgan fingerprint density at radius 2 is 1.95 bits per heavy atom. The van der Waals surface area contributed by atoms with Gasteiger partial charge >= 0.3 is 18.0 Å². The van der Waals surface area contributed by atoms with Crippen molar-refractivity contribution in [1.82, 2.24) is 10.2 Å². The second-order valence-electron chi connectivity index (χ2n) is 4.70. The van der Waals surface area contributed by atoms with Crippen LogP contribution in [0.2, 0.25) is 0 Å². The highest BCUT2D eigenvalue weighted by atomic mass is 16.4. The first-order chi connectivity index (χ1) is 8.95. The minimum absolute atomic E-state index is 0.110. The molecule has 1 aliphatic rings. The second-order valence-corrected chi connectivity index (χ2v) is 4.70. The van der Waals surface area contributed by atoms with Gasteiger partial charge in [-0.25, -0.2) is 9.59 Å². The number of hydrogen-bond donors (Lipinski definition) is 3. The maximum atomic E-state index is 12.0. The fourth-order valence-electron chi connectivity index (χ4n) is 1.83. The summed E-state index contributed by atoms with van der Waals surface area (Å²) in [4.78, 5) is 35.1. The molecule has 0 bridgehead atoms. The van der Waals surface area contributed by atoms with Gasteiger partial charge in [0.2, 0.25) is 0 Å². The molecule has 1 rings (SSSR count). The topological polar surface area (TPSA) is 107 Å². The molecule has 19 heavy (non-hydrogen) atoms. The molecule has 0 aromatic carbocycles. The van der Waals surface area contributed by atoms with Crippen molar-refractivity contribution in [2.24, 2.45) is 0 Å². The number of nitrogens with zero attached hydrogens (tertiary/aromatic N) is 1. The van der Waals surface area contributed by atoms with Crippen LogP contribution in [0.15, 0.2) is 0 Å². The molecule has 1 saturated carbocycles. The van der Waals surface area contributed by atoms with E-state index in [-0.39, 0.29) is 18.9 Å². The van der Waals surface area contributed by atoms with E-state index in [4.69, 9.17) is 10.2 Å². The number of aliphatic carboxylic acids is 2. The largest absolute Gasteiger partial charge is 0.481 e. The molecule has 0 unspecified atom stereocenters. The van der Waals surface area contributed by atoms with E-state index in [1.54, 1.807) is 4.90 Å². The smallest absolute Gasteiger partial charge is 0.326 e. The number of rotatable bonds is 8. The summed E-state index contributed by atoms with van der Waals surface area (Å²) in [5.41, 5.74) is 0. The molecular weight excluding hydrogens is 252 g/mol. The molecule has 0 heterocycles. The number of carbonyl (C=O) groups excluding carboxylic acids is 1. The van der Waals surface area contributed by atoms with Gasteiger partial charge in [-0.3, -0.25) is 4.79 Å². The number of carboxylic acid groups (broad SMARTS) is 2. The van der Waals surface area contributed by atoms with Crippen molar-refractivity contribution in [3.63, 3.8) is 0 Å². The van der Waals surface area contributed by atoms with E-state index < -0.39 is 24.0 Å². The van der Waals surface area contributed by atoms with E-state index in [9.17, 15) is 14.4 Å². The number of amides is 2. The van der Waals surface area contributed by atoms with Gasteiger partial charge in [0.05, 0.1) is 0 Å². The number of urea groups is 1. The fourth-order valence-corrected chi connectivity index (χ4v) is 1.83. The molecule has 7 heteroatoms. The monoisotopic (exact) mass is 272 g/mol. The molecule has 0 saturated heterocycles. The molecule has 3 N–H and O–H groups in total. The van der Waals surface area contributed by atoms with Crippen LogP contribution in [0, 0.1) is 0 Å². The molecule has 0 aromatic heterocycles. The normalized spacial score (nSPS) is 15.6. The van der Waals surface area contributed by atoms with Gasteiger partial charge in [0.25, 0.3) is 0 Å². The van der Waals surface area contributed by atoms with Crippen LogP contribution < -0.4 is 5.32 Å². The third-order valence-electron chi connectivity index (χ3n) is 2.96. The molecule has 1 atom stereocenters. The Hall–Kier alpha value is -1.79. The van der Waals surface area contributed by atoms with Crippen LogP contribution in [0.3, 0.4) is 0 Å². The lowest BCUT2D eigenvalue weighted by Gasteiger charge is -2.24. The maximum Gasteiger partial charge on any atom is 0.326 e. The summed E-state index contributed by atoms with van der Waals surface area (Å²) >= 11 is 0. The van der Waals surface area contributed by atoms with E-state index in [1.165, 1.54) is 0 Å². The standard InChI is InChI=1S/C12H20N2O5/c1-2-7-14(8-3-4-8)12(19)13-9(11(17)18)5-6-10(15)16/h8-9H,2-7H2,1H3,(H,13,19)(H,15,16)(H,17,18)/t9-/m0/s1. The van der Waals surface area contributed by atoms with Crippen molar-refractivity contribution in [3.8, 4) is 0 Å². The van der Waals surface area contributed by atoms with Gasteiger partial charge in [0.15, 0.2) is 0 Å². The minimum Gasteiger partial charge on any atom is -0.481 e. The zero-order valence-electron chi connectivity index (χ0n) is 11.0. The summed E-state index contributed by atoms with van der Waals surface area (Å²) in [5.74, 6) is -2.28. The van der Waals surface area contributed by atoms with Gasteiger partial charge in [-0.2, -0.15) is 0 Å². The number of hydrogen-bond acceptors (Lipinski definition) is 3. The zero-order chi connectivity index (χ0) is 14.4. The number of carbonyl (C=O) groups is 3. The van der Waals surface area contributed by atoms with Crippen molar-refractivity contribution < 1.29 is 24.6 Å². The van der Waals surface area contributed by atoms with Gasteiger partial charge < -0.3 is 20.4 Å². The Bertz CT molecular complexity index is 354. The van der Waals surface area contributed by atoms with E-state index in [1.807, 2.05) is 6.92 Å². The summed E-state index contributed by atoms with van der Waals surface area (Å²) in [6, 6.07) is -1.36. The molecule has 0 radical (unpaired) electrons. The highest BCUT2D eigenvalue weighted by molar-refractivity contribution is 5.83. The molecule has 0 aromatic rings. The number of carboxylic acids is 2. The van der Waals surface area contributed by atoms with Crippen molar-refractivity contribution in [2.45, 2.75) is 51.1 Å². The Balaban J connectivity index is 2.53. The second kappa shape index (κ2) is 6.96. The minimum atomic E-state index is -1.21. The van der Waals surface area contributed by atoms with Crippen LogP contribution in [-0.2, 0) is 9.59 Å².